The lowest BCUT2D eigenvalue weighted by atomic mass is 9.95. The average Bonchev–Trinajstić information content (AvgIpc) is 3.46. The number of rotatable bonds is 4. The maximum atomic E-state index is 12.8. The fourth-order valence-electron chi connectivity index (χ4n) is 3.25. The third-order valence-electron chi connectivity index (χ3n) is 4.95. The number of amides is 1. The number of benzene rings is 1. The third-order valence-corrected chi connectivity index (χ3v) is 5.20. The maximum Gasteiger partial charge on any atom is 0.236 e. The van der Waals surface area contributed by atoms with Crippen LogP contribution in [-0.2, 0) is 14.9 Å². The molecule has 1 saturated carbocycles. The largest absolute Gasteiger partial charge is 0.378 e. The van der Waals surface area contributed by atoms with Crippen molar-refractivity contribution >= 4 is 29.0 Å². The van der Waals surface area contributed by atoms with E-state index >= 15 is 0 Å². The van der Waals surface area contributed by atoms with Crippen LogP contribution in [0.4, 0.5) is 11.5 Å². The van der Waals surface area contributed by atoms with Crippen LogP contribution in [0.5, 0.6) is 0 Å². The molecule has 0 bridgehead atoms. The minimum absolute atomic E-state index is 0.00134. The zero-order valence-corrected chi connectivity index (χ0v) is 14.6. The molecule has 0 atom stereocenters. The number of hydrogen-bond acceptors (Lipinski definition) is 4. The van der Waals surface area contributed by atoms with Crippen molar-refractivity contribution in [3.63, 3.8) is 0 Å². The first-order valence-electron chi connectivity index (χ1n) is 8.54. The van der Waals surface area contributed by atoms with Crippen LogP contribution < -0.4 is 10.2 Å². The Morgan fingerprint density at radius 2 is 1.84 bits per heavy atom. The second kappa shape index (κ2) is 6.65. The van der Waals surface area contributed by atoms with Gasteiger partial charge in [0, 0.05) is 18.1 Å². The Hall–Kier alpha value is -2.11. The second-order valence-corrected chi connectivity index (χ2v) is 6.98. The monoisotopic (exact) mass is 357 g/mol. The number of nitrogens with one attached hydrogen (secondary N) is 1. The topological polar surface area (TPSA) is 54.5 Å². The summed E-state index contributed by atoms with van der Waals surface area (Å²) in [6, 6.07) is 11.4. The number of pyridine rings is 1. The molecule has 0 radical (unpaired) electrons. The highest BCUT2D eigenvalue weighted by molar-refractivity contribution is 6.30. The second-order valence-electron chi connectivity index (χ2n) is 6.54. The fourth-order valence-corrected chi connectivity index (χ4v) is 3.37. The van der Waals surface area contributed by atoms with Gasteiger partial charge in [0.15, 0.2) is 0 Å². The number of aromatic nitrogens is 1. The van der Waals surface area contributed by atoms with E-state index in [0.29, 0.717) is 10.8 Å². The number of morpholine rings is 1. The Labute approximate surface area is 152 Å². The van der Waals surface area contributed by atoms with Crippen LogP contribution in [0.15, 0.2) is 42.6 Å². The minimum atomic E-state index is -0.435. The number of hydrogen-bond donors (Lipinski definition) is 1. The smallest absolute Gasteiger partial charge is 0.236 e. The van der Waals surface area contributed by atoms with Gasteiger partial charge in [0.05, 0.1) is 30.5 Å². The van der Waals surface area contributed by atoms with Gasteiger partial charge >= 0.3 is 0 Å². The van der Waals surface area contributed by atoms with Gasteiger partial charge in [-0.05, 0) is 42.7 Å². The summed E-state index contributed by atoms with van der Waals surface area (Å²) < 4.78 is 5.36. The third kappa shape index (κ3) is 3.34. The molecule has 25 heavy (non-hydrogen) atoms. The van der Waals surface area contributed by atoms with Crippen LogP contribution in [0.3, 0.4) is 0 Å². The summed E-state index contributed by atoms with van der Waals surface area (Å²) in [5.74, 6) is 0.587. The van der Waals surface area contributed by atoms with Crippen molar-refractivity contribution in [2.24, 2.45) is 0 Å². The van der Waals surface area contributed by atoms with Gasteiger partial charge < -0.3 is 15.0 Å². The summed E-state index contributed by atoms with van der Waals surface area (Å²) in [7, 11) is 0. The maximum absolute atomic E-state index is 12.8. The lowest BCUT2D eigenvalue weighted by Crippen LogP contribution is -2.36. The van der Waals surface area contributed by atoms with Crippen LogP contribution in [0.1, 0.15) is 18.4 Å². The molecule has 1 aromatic carbocycles. The predicted octanol–water partition coefficient (Wildman–Crippen LogP) is 3.24. The van der Waals surface area contributed by atoms with Crippen molar-refractivity contribution in [3.8, 4) is 0 Å². The van der Waals surface area contributed by atoms with E-state index in [2.05, 4.69) is 15.2 Å². The molecule has 2 fully saturated rings. The Kier molecular flexibility index (Phi) is 4.36. The number of carbonyl (C=O) groups is 1. The van der Waals surface area contributed by atoms with E-state index in [9.17, 15) is 4.79 Å². The lowest BCUT2D eigenvalue weighted by molar-refractivity contribution is -0.118. The average molecular weight is 358 g/mol. The molecule has 1 aliphatic carbocycles. The molecule has 130 valence electrons. The molecule has 2 aliphatic rings. The molecular formula is C19H20ClN3O2. The van der Waals surface area contributed by atoms with Gasteiger partial charge in [-0.15, -0.1) is 0 Å². The quantitative estimate of drug-likeness (QED) is 0.912. The summed E-state index contributed by atoms with van der Waals surface area (Å²) in [5, 5.41) is 3.64. The van der Waals surface area contributed by atoms with Gasteiger partial charge in [0.25, 0.3) is 0 Å². The van der Waals surface area contributed by atoms with Crippen LogP contribution >= 0.6 is 11.6 Å². The van der Waals surface area contributed by atoms with Crippen molar-refractivity contribution in [2.45, 2.75) is 18.3 Å². The lowest BCUT2D eigenvalue weighted by Gasteiger charge is -2.28. The van der Waals surface area contributed by atoms with E-state index in [-0.39, 0.29) is 5.91 Å². The van der Waals surface area contributed by atoms with Crippen molar-refractivity contribution < 1.29 is 9.53 Å². The highest BCUT2D eigenvalue weighted by Gasteiger charge is 2.51. The van der Waals surface area contributed by atoms with Gasteiger partial charge in [-0.3, -0.25) is 4.79 Å². The molecule has 1 saturated heterocycles. The van der Waals surface area contributed by atoms with Gasteiger partial charge in [-0.2, -0.15) is 0 Å². The first-order chi connectivity index (χ1) is 12.2. The minimum Gasteiger partial charge on any atom is -0.378 e. The molecule has 2 heterocycles. The summed E-state index contributed by atoms with van der Waals surface area (Å²) >= 11 is 5.95. The summed E-state index contributed by atoms with van der Waals surface area (Å²) in [6.45, 7) is 3.21. The molecule has 1 amide bonds. The highest BCUT2D eigenvalue weighted by atomic mass is 35.5. The molecule has 5 nitrogen and oxygen atoms in total. The van der Waals surface area contributed by atoms with Gasteiger partial charge in [-0.1, -0.05) is 23.7 Å². The normalized spacial score (nSPS) is 18.7. The van der Waals surface area contributed by atoms with E-state index in [1.165, 1.54) is 0 Å². The predicted molar refractivity (Wildman–Crippen MR) is 98.3 cm³/mol. The molecule has 0 unspecified atom stereocenters. The summed E-state index contributed by atoms with van der Waals surface area (Å²) in [6.07, 6.45) is 3.52. The van der Waals surface area contributed by atoms with Crippen molar-refractivity contribution in [1.29, 1.82) is 0 Å². The van der Waals surface area contributed by atoms with E-state index < -0.39 is 5.41 Å². The molecular weight excluding hydrogens is 338 g/mol. The number of anilines is 2. The summed E-state index contributed by atoms with van der Waals surface area (Å²) in [4.78, 5) is 19.4. The van der Waals surface area contributed by atoms with E-state index in [0.717, 1.165) is 50.4 Å². The first kappa shape index (κ1) is 16.4. The molecule has 1 aliphatic heterocycles. The zero-order chi connectivity index (χ0) is 17.3. The van der Waals surface area contributed by atoms with Gasteiger partial charge in [0.2, 0.25) is 5.91 Å². The van der Waals surface area contributed by atoms with Crippen molar-refractivity contribution in [1.82, 2.24) is 4.98 Å². The molecule has 1 N–H and O–H groups in total. The number of carbonyl (C=O) groups excluding carboxylic acids is 1. The highest BCUT2D eigenvalue weighted by Crippen LogP contribution is 2.49. The SMILES string of the molecule is O=C(Nc1ccc(N2CCOCC2)cn1)C1(c2ccc(Cl)cc2)CC1. The Morgan fingerprint density at radius 3 is 2.44 bits per heavy atom. The van der Waals surface area contributed by atoms with Crippen molar-refractivity contribution in [2.75, 3.05) is 36.5 Å². The zero-order valence-electron chi connectivity index (χ0n) is 13.9. The molecule has 2 aromatic rings. The molecule has 6 heteroatoms. The Bertz CT molecular complexity index is 751. The van der Waals surface area contributed by atoms with Crippen LogP contribution in [-0.4, -0.2) is 37.2 Å². The molecule has 0 spiro atoms. The van der Waals surface area contributed by atoms with Gasteiger partial charge in [-0.25, -0.2) is 4.98 Å². The standard InChI is InChI=1S/C19H20ClN3O2/c20-15-3-1-14(2-4-15)19(7-8-19)18(24)22-17-6-5-16(13-21-17)23-9-11-25-12-10-23/h1-6,13H,7-12H2,(H,21,22,24). The Balaban J connectivity index is 1.44. The van der Waals surface area contributed by atoms with E-state index in [1.54, 1.807) is 0 Å². The van der Waals surface area contributed by atoms with Crippen molar-refractivity contribution in [3.05, 3.63) is 53.2 Å². The van der Waals surface area contributed by atoms with E-state index in [4.69, 9.17) is 16.3 Å². The first-order valence-corrected chi connectivity index (χ1v) is 8.91. The van der Waals surface area contributed by atoms with Gasteiger partial charge in [0.1, 0.15) is 5.82 Å². The molecule has 1 aromatic heterocycles. The van der Waals surface area contributed by atoms with Crippen LogP contribution in [0, 0.1) is 0 Å². The number of halogens is 1. The van der Waals surface area contributed by atoms with Crippen LogP contribution in [0.2, 0.25) is 5.02 Å². The van der Waals surface area contributed by atoms with Crippen LogP contribution in [0.25, 0.3) is 0 Å². The number of ether oxygens (including phenoxy) is 1. The molecule has 4 rings (SSSR count). The Morgan fingerprint density at radius 1 is 1.12 bits per heavy atom. The fraction of sp³-hybridized carbons (Fsp3) is 0.368. The summed E-state index contributed by atoms with van der Waals surface area (Å²) in [5.41, 5.74) is 1.63. The van der Waals surface area contributed by atoms with E-state index in [1.807, 2.05) is 42.6 Å². The number of nitrogens with zero attached hydrogens (tertiary/aromatic N) is 2.